The maximum atomic E-state index is 12.8. The first-order valence-corrected chi connectivity index (χ1v) is 10.4. The van der Waals surface area contributed by atoms with Crippen molar-refractivity contribution < 1.29 is 14.1 Å². The van der Waals surface area contributed by atoms with Gasteiger partial charge in [0.15, 0.2) is 5.82 Å². The first kappa shape index (κ1) is 20.3. The van der Waals surface area contributed by atoms with Gasteiger partial charge in [0.1, 0.15) is 6.61 Å². The molecule has 3 aromatic rings. The van der Waals surface area contributed by atoms with Crippen molar-refractivity contribution in [1.29, 1.82) is 0 Å². The highest BCUT2D eigenvalue weighted by Gasteiger charge is 2.31. The number of hydrogen-bond donors (Lipinski definition) is 0. The topological polar surface area (TPSA) is 68.5 Å². The van der Waals surface area contributed by atoms with Crippen molar-refractivity contribution in [3.05, 3.63) is 83.0 Å². The molecular formula is C24H27N3O3. The Balaban J connectivity index is 1.30. The zero-order valence-corrected chi connectivity index (χ0v) is 17.5. The fraction of sp³-hybridized carbons (Fsp3) is 0.375. The van der Waals surface area contributed by atoms with Gasteiger partial charge < -0.3 is 14.2 Å². The predicted molar refractivity (Wildman–Crippen MR) is 113 cm³/mol. The van der Waals surface area contributed by atoms with Crippen LogP contribution >= 0.6 is 0 Å². The summed E-state index contributed by atoms with van der Waals surface area (Å²) in [7, 11) is 0. The van der Waals surface area contributed by atoms with Crippen LogP contribution in [0.2, 0.25) is 0 Å². The van der Waals surface area contributed by atoms with Gasteiger partial charge in [-0.15, -0.1) is 0 Å². The van der Waals surface area contributed by atoms with Gasteiger partial charge in [-0.05, 0) is 35.6 Å². The minimum atomic E-state index is 0.0581. The van der Waals surface area contributed by atoms with Crippen LogP contribution in [0.25, 0.3) is 0 Å². The highest BCUT2D eigenvalue weighted by molar-refractivity contribution is 5.94. The minimum absolute atomic E-state index is 0.0581. The molecule has 6 nitrogen and oxygen atoms in total. The second kappa shape index (κ2) is 9.22. The number of aromatic nitrogens is 2. The van der Waals surface area contributed by atoms with Gasteiger partial charge in [-0.25, -0.2) is 0 Å². The van der Waals surface area contributed by atoms with Crippen LogP contribution in [0.5, 0.6) is 0 Å². The molecule has 0 spiro atoms. The molecule has 0 bridgehead atoms. The number of rotatable bonds is 7. The zero-order valence-electron chi connectivity index (χ0n) is 17.5. The van der Waals surface area contributed by atoms with Crippen LogP contribution in [0.4, 0.5) is 0 Å². The van der Waals surface area contributed by atoms with Gasteiger partial charge in [0.05, 0.1) is 6.61 Å². The summed E-state index contributed by atoms with van der Waals surface area (Å²) >= 11 is 0. The first-order chi connectivity index (χ1) is 14.6. The number of ether oxygens (including phenoxy) is 1. The fourth-order valence-corrected chi connectivity index (χ4v) is 3.67. The van der Waals surface area contributed by atoms with Crippen molar-refractivity contribution in [2.45, 2.75) is 45.3 Å². The van der Waals surface area contributed by atoms with Crippen molar-refractivity contribution in [1.82, 2.24) is 15.0 Å². The normalized spacial score (nSPS) is 16.4. The van der Waals surface area contributed by atoms with Crippen molar-refractivity contribution in [2.75, 3.05) is 13.1 Å². The maximum absolute atomic E-state index is 12.8. The van der Waals surface area contributed by atoms with Crippen molar-refractivity contribution in [3.63, 3.8) is 0 Å². The van der Waals surface area contributed by atoms with E-state index in [4.69, 9.17) is 9.26 Å². The molecule has 1 aliphatic rings. The van der Waals surface area contributed by atoms with E-state index in [1.54, 1.807) is 0 Å². The third-order valence-corrected chi connectivity index (χ3v) is 5.49. The number of likely N-dealkylation sites (tertiary alicyclic amines) is 1. The van der Waals surface area contributed by atoms with E-state index in [0.717, 1.165) is 17.5 Å². The molecule has 1 unspecified atom stereocenters. The Morgan fingerprint density at radius 1 is 1.13 bits per heavy atom. The highest BCUT2D eigenvalue weighted by Crippen LogP contribution is 2.27. The van der Waals surface area contributed by atoms with E-state index in [0.29, 0.717) is 37.3 Å². The molecule has 1 aliphatic heterocycles. The maximum Gasteiger partial charge on any atom is 0.253 e. The van der Waals surface area contributed by atoms with Gasteiger partial charge in [-0.1, -0.05) is 61.5 Å². The molecule has 30 heavy (non-hydrogen) atoms. The molecule has 0 saturated carbocycles. The summed E-state index contributed by atoms with van der Waals surface area (Å²) in [5, 5.41) is 4.12. The van der Waals surface area contributed by atoms with Crippen LogP contribution in [0.1, 0.15) is 65.3 Å². The molecule has 1 saturated heterocycles. The van der Waals surface area contributed by atoms with Crippen LogP contribution in [0.3, 0.4) is 0 Å². The molecule has 2 heterocycles. The smallest absolute Gasteiger partial charge is 0.253 e. The average molecular weight is 405 g/mol. The molecule has 0 radical (unpaired) electrons. The Labute approximate surface area is 176 Å². The third kappa shape index (κ3) is 4.76. The molecule has 0 N–H and O–H groups in total. The summed E-state index contributed by atoms with van der Waals surface area (Å²) in [5.74, 6) is 1.72. The van der Waals surface area contributed by atoms with E-state index >= 15 is 0 Å². The largest absolute Gasteiger partial charge is 0.367 e. The summed E-state index contributed by atoms with van der Waals surface area (Å²) in [6.45, 7) is 6.37. The zero-order chi connectivity index (χ0) is 20.9. The molecule has 1 fully saturated rings. The van der Waals surface area contributed by atoms with Crippen LogP contribution in [-0.4, -0.2) is 34.0 Å². The molecule has 0 aliphatic carbocycles. The van der Waals surface area contributed by atoms with E-state index in [1.807, 2.05) is 59.5 Å². The SMILES string of the molecule is CC(C)c1ccc(C(=O)N2CCC(c3noc(COCc4ccccc4)n3)C2)cc1. The average Bonchev–Trinajstić information content (AvgIpc) is 3.44. The Kier molecular flexibility index (Phi) is 6.23. The number of hydrogen-bond acceptors (Lipinski definition) is 5. The third-order valence-electron chi connectivity index (χ3n) is 5.49. The standard InChI is InChI=1S/C24H27N3O3/c1-17(2)19-8-10-20(11-9-19)24(28)27-13-12-21(14-27)23-25-22(30-26-23)16-29-15-18-6-4-3-5-7-18/h3-11,17,21H,12-16H2,1-2H3. The second-order valence-electron chi connectivity index (χ2n) is 8.04. The van der Waals surface area contributed by atoms with Crippen LogP contribution in [-0.2, 0) is 18.0 Å². The van der Waals surface area contributed by atoms with E-state index in [2.05, 4.69) is 24.0 Å². The van der Waals surface area contributed by atoms with E-state index < -0.39 is 0 Å². The predicted octanol–water partition coefficient (Wildman–Crippen LogP) is 4.54. The molecule has 1 aromatic heterocycles. The Hall–Kier alpha value is -2.99. The number of benzene rings is 2. The van der Waals surface area contributed by atoms with Crippen LogP contribution < -0.4 is 0 Å². The summed E-state index contributed by atoms with van der Waals surface area (Å²) in [5.41, 5.74) is 3.06. The quantitative estimate of drug-likeness (QED) is 0.577. The lowest BCUT2D eigenvalue weighted by Crippen LogP contribution is -2.28. The van der Waals surface area contributed by atoms with Crippen molar-refractivity contribution in [2.24, 2.45) is 0 Å². The molecular weight excluding hydrogens is 378 g/mol. The second-order valence-corrected chi connectivity index (χ2v) is 8.04. The van der Waals surface area contributed by atoms with Gasteiger partial charge >= 0.3 is 0 Å². The molecule has 4 rings (SSSR count). The van der Waals surface area contributed by atoms with Crippen molar-refractivity contribution in [3.8, 4) is 0 Å². The summed E-state index contributed by atoms with van der Waals surface area (Å²) in [6.07, 6.45) is 0.833. The Morgan fingerprint density at radius 2 is 1.90 bits per heavy atom. The molecule has 1 atom stereocenters. The number of carbonyl (C=O) groups excluding carboxylic acids is 1. The van der Waals surface area contributed by atoms with Gasteiger partial charge in [0, 0.05) is 24.6 Å². The van der Waals surface area contributed by atoms with Gasteiger partial charge in [0.25, 0.3) is 11.8 Å². The molecule has 156 valence electrons. The van der Waals surface area contributed by atoms with Gasteiger partial charge in [-0.2, -0.15) is 4.98 Å². The van der Waals surface area contributed by atoms with Crippen molar-refractivity contribution >= 4 is 5.91 Å². The van der Waals surface area contributed by atoms with E-state index in [1.165, 1.54) is 5.56 Å². The first-order valence-electron chi connectivity index (χ1n) is 10.4. The molecule has 1 amide bonds. The minimum Gasteiger partial charge on any atom is -0.367 e. The lowest BCUT2D eigenvalue weighted by atomic mass is 10.0. The number of nitrogens with zero attached hydrogens (tertiary/aromatic N) is 3. The van der Waals surface area contributed by atoms with Gasteiger partial charge in [-0.3, -0.25) is 4.79 Å². The summed E-state index contributed by atoms with van der Waals surface area (Å²) in [6, 6.07) is 17.9. The number of carbonyl (C=O) groups is 1. The monoisotopic (exact) mass is 405 g/mol. The van der Waals surface area contributed by atoms with Crippen LogP contribution in [0, 0.1) is 0 Å². The lowest BCUT2D eigenvalue weighted by molar-refractivity contribution is 0.0790. The summed E-state index contributed by atoms with van der Waals surface area (Å²) in [4.78, 5) is 19.2. The molecule has 2 aromatic carbocycles. The Morgan fingerprint density at radius 3 is 2.63 bits per heavy atom. The summed E-state index contributed by atoms with van der Waals surface area (Å²) < 4.78 is 11.0. The van der Waals surface area contributed by atoms with Crippen LogP contribution in [0.15, 0.2) is 59.1 Å². The van der Waals surface area contributed by atoms with E-state index in [-0.39, 0.29) is 18.4 Å². The highest BCUT2D eigenvalue weighted by atomic mass is 16.5. The lowest BCUT2D eigenvalue weighted by Gasteiger charge is -2.16. The van der Waals surface area contributed by atoms with Gasteiger partial charge in [0.2, 0.25) is 0 Å². The number of amides is 1. The fourth-order valence-electron chi connectivity index (χ4n) is 3.67. The Bertz CT molecular complexity index is 967. The molecule has 6 heteroatoms. The van der Waals surface area contributed by atoms with E-state index in [9.17, 15) is 4.79 Å².